The fourth-order valence-electron chi connectivity index (χ4n) is 9.75. The Morgan fingerprint density at radius 3 is 1.41 bits per heavy atom. The second kappa shape index (κ2) is 23.6. The number of carboxylic acids is 1. The van der Waals surface area contributed by atoms with Gasteiger partial charge in [0.05, 0.1) is 28.8 Å². The molecule has 4 aliphatic rings. The fraction of sp³-hybridized carbons (Fsp3) is 0.418. The molecule has 0 atom stereocenters. The number of nitriles is 2. The molecule has 0 bridgehead atoms. The zero-order valence-corrected chi connectivity index (χ0v) is 40.3. The second-order valence-corrected chi connectivity index (χ2v) is 18.6. The van der Waals surface area contributed by atoms with Crippen LogP contribution in [-0.2, 0) is 0 Å². The van der Waals surface area contributed by atoms with Crippen molar-refractivity contribution < 1.29 is 14.7 Å². The average molecular weight is 950 g/mol. The van der Waals surface area contributed by atoms with Crippen molar-refractivity contribution in [3.05, 3.63) is 140 Å². The van der Waals surface area contributed by atoms with Crippen molar-refractivity contribution in [2.45, 2.75) is 123 Å². The van der Waals surface area contributed by atoms with Gasteiger partial charge >= 0.3 is 5.97 Å². The summed E-state index contributed by atoms with van der Waals surface area (Å²) >= 11 is 0. The van der Waals surface area contributed by atoms with Crippen LogP contribution in [0.5, 0.6) is 0 Å². The normalized spacial score (nSPS) is 16.1. The fourth-order valence-corrected chi connectivity index (χ4v) is 9.75. The number of aromatic amines is 2. The SMILES string of the molecule is C.Cc1nc(-c2cc(C(=O)N3CCC(c4ccc(C#N)cc4)CC3)c(C)cc2C2CCC2)n[nH]1.Cc1nc(-c2cc(C(=O)O)c(C)cc2C2CCC2)n[nH]1.Cl.N#Cc1ccc(C2CCNCC2)cc1. The Balaban J connectivity index is 0.000000185. The minimum Gasteiger partial charge on any atom is -0.478 e. The third kappa shape index (κ3) is 12.1. The number of piperidine rings is 2. The van der Waals surface area contributed by atoms with Gasteiger partial charge in [0.25, 0.3) is 5.91 Å². The van der Waals surface area contributed by atoms with Crippen molar-refractivity contribution >= 4 is 24.3 Å². The van der Waals surface area contributed by atoms with E-state index < -0.39 is 5.97 Å². The number of nitrogens with zero attached hydrogens (tertiary/aromatic N) is 7. The highest BCUT2D eigenvalue weighted by Crippen LogP contribution is 2.43. The Morgan fingerprint density at radius 1 is 0.609 bits per heavy atom. The molecule has 1 amide bonds. The van der Waals surface area contributed by atoms with Gasteiger partial charge in [-0.05, 0) is 186 Å². The zero-order valence-electron chi connectivity index (χ0n) is 39.4. The lowest BCUT2D eigenvalue weighted by Crippen LogP contribution is -2.38. The number of carbonyl (C=O) groups is 2. The summed E-state index contributed by atoms with van der Waals surface area (Å²) in [4.78, 5) is 35.8. The molecule has 6 aromatic rings. The Labute approximate surface area is 412 Å². The lowest BCUT2D eigenvalue weighted by atomic mass is 9.77. The van der Waals surface area contributed by atoms with Gasteiger partial charge in [-0.1, -0.05) is 56.7 Å². The monoisotopic (exact) mass is 948 g/mol. The smallest absolute Gasteiger partial charge is 0.335 e. The van der Waals surface area contributed by atoms with Gasteiger partial charge in [0.15, 0.2) is 11.6 Å². The summed E-state index contributed by atoms with van der Waals surface area (Å²) in [5, 5.41) is 44.7. The minimum absolute atomic E-state index is 0. The predicted molar refractivity (Wildman–Crippen MR) is 272 cm³/mol. The number of halogens is 1. The summed E-state index contributed by atoms with van der Waals surface area (Å²) in [6.45, 7) is 11.3. The summed E-state index contributed by atoms with van der Waals surface area (Å²) in [5.41, 5.74) is 11.3. The molecule has 13 nitrogen and oxygen atoms in total. The van der Waals surface area contributed by atoms with E-state index in [4.69, 9.17) is 10.5 Å². The van der Waals surface area contributed by atoms with E-state index in [1.165, 1.54) is 60.8 Å². The van der Waals surface area contributed by atoms with E-state index in [0.29, 0.717) is 46.4 Å². The maximum Gasteiger partial charge on any atom is 0.335 e. The topological polar surface area (TPSA) is 200 Å². The number of likely N-dealkylation sites (tertiary alicyclic amines) is 1. The number of benzene rings is 4. The molecule has 4 heterocycles. The van der Waals surface area contributed by atoms with E-state index in [0.717, 1.165) is 96.9 Å². The molecule has 2 aliphatic carbocycles. The Hall–Kier alpha value is -6.67. The number of H-pyrrole nitrogens is 2. The van der Waals surface area contributed by atoms with Crippen LogP contribution in [-0.4, -0.2) is 78.4 Å². The van der Waals surface area contributed by atoms with Gasteiger partial charge in [-0.25, -0.2) is 14.8 Å². The van der Waals surface area contributed by atoms with Crippen LogP contribution in [0.3, 0.4) is 0 Å². The first-order chi connectivity index (χ1) is 32.5. The van der Waals surface area contributed by atoms with Crippen LogP contribution >= 0.6 is 12.4 Å². The van der Waals surface area contributed by atoms with Gasteiger partial charge in [0, 0.05) is 29.8 Å². The number of hydrogen-bond donors (Lipinski definition) is 4. The standard InChI is InChI=1S/C27H29N5O.C15H17N3O2.C12H14N2.CH4.ClH/c1-17-14-24(22-4-3-5-22)25(26-29-18(2)30-31-26)15-23(17)27(33)32-12-10-21(11-13-32)20-8-6-19(16-28)7-9-20;1-8-6-12(10-4-3-5-10)13(7-11(8)15(19)20)14-16-9(2)17-18-14;13-9-10-1-3-11(4-2-10)12-5-7-14-8-6-12;;/h6-9,14-15,21-22H,3-5,10-13H2,1-2H3,(H,29,30,31);6-7,10H,3-5H2,1-2H3,(H,19,20)(H,16,17,18);1-4,12,14H,5-8H2;1H4;1H. The van der Waals surface area contributed by atoms with Crippen LogP contribution in [0.2, 0.25) is 0 Å². The van der Waals surface area contributed by atoms with Crippen LogP contribution in [0.15, 0.2) is 72.8 Å². The molecule has 0 unspecified atom stereocenters. The summed E-state index contributed by atoms with van der Waals surface area (Å²) in [7, 11) is 0. The third-order valence-electron chi connectivity index (χ3n) is 14.2. The molecule has 4 aromatic carbocycles. The predicted octanol–water partition coefficient (Wildman–Crippen LogP) is 11.4. The number of hydrogen-bond acceptors (Lipinski definition) is 9. The van der Waals surface area contributed by atoms with Gasteiger partial charge in [-0.15, -0.1) is 12.4 Å². The van der Waals surface area contributed by atoms with E-state index >= 15 is 0 Å². The first kappa shape index (κ1) is 51.7. The Bertz CT molecular complexity index is 2780. The number of carbonyl (C=O) groups excluding carboxylic acids is 1. The number of rotatable bonds is 8. The molecule has 2 saturated carbocycles. The molecule has 4 N–H and O–H groups in total. The second-order valence-electron chi connectivity index (χ2n) is 18.6. The quantitative estimate of drug-likeness (QED) is 0.114. The van der Waals surface area contributed by atoms with Crippen molar-refractivity contribution in [2.75, 3.05) is 26.2 Å². The molecule has 10 rings (SSSR count). The lowest BCUT2D eigenvalue weighted by molar-refractivity contribution is 0.0692. The first-order valence-corrected chi connectivity index (χ1v) is 23.8. The van der Waals surface area contributed by atoms with Crippen LogP contribution in [0.25, 0.3) is 22.8 Å². The maximum absolute atomic E-state index is 13.5. The number of nitrogens with one attached hydrogen (secondary N) is 3. The molecule has 69 heavy (non-hydrogen) atoms. The van der Waals surface area contributed by atoms with Crippen molar-refractivity contribution in [3.63, 3.8) is 0 Å². The molecule has 0 radical (unpaired) electrons. The largest absolute Gasteiger partial charge is 0.478 e. The van der Waals surface area contributed by atoms with Crippen LogP contribution < -0.4 is 5.32 Å². The number of amides is 1. The van der Waals surface area contributed by atoms with E-state index in [9.17, 15) is 14.7 Å². The van der Waals surface area contributed by atoms with Crippen LogP contribution in [0, 0.1) is 50.4 Å². The summed E-state index contributed by atoms with van der Waals surface area (Å²) in [6.07, 6.45) is 11.5. The van der Waals surface area contributed by atoms with Crippen molar-refractivity contribution in [2.24, 2.45) is 0 Å². The molecule has 2 aliphatic heterocycles. The van der Waals surface area contributed by atoms with E-state index in [2.05, 4.69) is 78.1 Å². The van der Waals surface area contributed by atoms with Gasteiger partial charge in [-0.3, -0.25) is 15.0 Å². The van der Waals surface area contributed by atoms with Crippen LogP contribution in [0.4, 0.5) is 0 Å². The molecule has 2 saturated heterocycles. The van der Waals surface area contributed by atoms with Gasteiger partial charge in [0.2, 0.25) is 0 Å². The maximum atomic E-state index is 13.5. The zero-order chi connectivity index (χ0) is 47.0. The Kier molecular flexibility index (Phi) is 17.7. The highest BCUT2D eigenvalue weighted by atomic mass is 35.5. The number of carboxylic acid groups (broad SMARTS) is 1. The molecule has 14 heteroatoms. The van der Waals surface area contributed by atoms with Gasteiger partial charge in [-0.2, -0.15) is 20.7 Å². The number of aryl methyl sites for hydroxylation is 4. The van der Waals surface area contributed by atoms with Crippen LogP contribution in [0.1, 0.15) is 172 Å². The van der Waals surface area contributed by atoms with Crippen molar-refractivity contribution in [1.82, 2.24) is 40.6 Å². The summed E-state index contributed by atoms with van der Waals surface area (Å²) < 4.78 is 0. The highest BCUT2D eigenvalue weighted by molar-refractivity contribution is 5.97. The molecule has 0 spiro atoms. The van der Waals surface area contributed by atoms with Gasteiger partial charge in [0.1, 0.15) is 11.6 Å². The number of aromatic nitrogens is 6. The molecular formula is C55H65ClN10O3. The molecule has 2 aromatic heterocycles. The third-order valence-corrected chi connectivity index (χ3v) is 14.2. The van der Waals surface area contributed by atoms with Crippen molar-refractivity contribution in [1.29, 1.82) is 10.5 Å². The lowest BCUT2D eigenvalue weighted by Gasteiger charge is -2.33. The summed E-state index contributed by atoms with van der Waals surface area (Å²) in [5.74, 6) is 4.13. The van der Waals surface area contributed by atoms with Gasteiger partial charge < -0.3 is 15.3 Å². The van der Waals surface area contributed by atoms with E-state index in [-0.39, 0.29) is 25.7 Å². The highest BCUT2D eigenvalue weighted by Gasteiger charge is 2.30. The Morgan fingerprint density at radius 2 is 1.03 bits per heavy atom. The van der Waals surface area contributed by atoms with E-state index in [1.54, 1.807) is 6.07 Å². The summed E-state index contributed by atoms with van der Waals surface area (Å²) in [6, 6.07) is 28.1. The van der Waals surface area contributed by atoms with Crippen molar-refractivity contribution in [3.8, 4) is 34.9 Å². The first-order valence-electron chi connectivity index (χ1n) is 23.8. The average Bonchev–Trinajstić information content (AvgIpc) is 3.96. The number of aromatic carboxylic acids is 1. The minimum atomic E-state index is -0.906. The van der Waals surface area contributed by atoms with E-state index in [1.807, 2.05) is 69.0 Å². The molecular weight excluding hydrogens is 884 g/mol. The molecule has 360 valence electrons. The molecule has 4 fully saturated rings.